The molecule has 0 radical (unpaired) electrons. The van der Waals surface area contributed by atoms with Crippen molar-refractivity contribution in [3.05, 3.63) is 29.8 Å². The highest BCUT2D eigenvalue weighted by atomic mass is 32.1. The van der Waals surface area contributed by atoms with Crippen molar-refractivity contribution in [3.8, 4) is 11.5 Å². The van der Waals surface area contributed by atoms with Crippen molar-refractivity contribution in [3.63, 3.8) is 0 Å². The second kappa shape index (κ2) is 4.00. The molecule has 13 heavy (non-hydrogen) atoms. The molecular weight excluding hydrogens is 188 g/mol. The number of rotatable bonds is 2. The fourth-order valence-corrected chi connectivity index (χ4v) is 0.886. The molecule has 0 atom stereocenters. The van der Waals surface area contributed by atoms with E-state index >= 15 is 0 Å². The molecule has 4 heteroatoms. The van der Waals surface area contributed by atoms with Crippen LogP contribution in [0.3, 0.4) is 0 Å². The summed E-state index contributed by atoms with van der Waals surface area (Å²) in [7, 11) is 0. The number of aromatic hydroxyl groups is 2. The van der Waals surface area contributed by atoms with E-state index in [0.717, 1.165) is 0 Å². The Hall–Kier alpha value is -1.42. The summed E-state index contributed by atoms with van der Waals surface area (Å²) in [4.78, 5) is 10.4. The number of phenolic OH excluding ortho intramolecular Hbond substituents is 2. The Morgan fingerprint density at radius 2 is 2.00 bits per heavy atom. The monoisotopic (exact) mass is 196 g/mol. The van der Waals surface area contributed by atoms with Gasteiger partial charge in [-0.3, -0.25) is 4.79 Å². The van der Waals surface area contributed by atoms with Gasteiger partial charge in [-0.2, -0.15) is 0 Å². The minimum atomic E-state index is -0.368. The summed E-state index contributed by atoms with van der Waals surface area (Å²) in [6.07, 6.45) is 2.75. The lowest BCUT2D eigenvalue weighted by Gasteiger charge is -1.97. The Morgan fingerprint density at radius 1 is 1.31 bits per heavy atom. The minimum absolute atomic E-state index is 0.186. The van der Waals surface area contributed by atoms with E-state index in [1.165, 1.54) is 24.3 Å². The molecule has 0 aliphatic rings. The van der Waals surface area contributed by atoms with Crippen LogP contribution >= 0.6 is 12.6 Å². The van der Waals surface area contributed by atoms with Gasteiger partial charge in [0.15, 0.2) is 11.5 Å². The zero-order valence-electron chi connectivity index (χ0n) is 6.64. The van der Waals surface area contributed by atoms with E-state index in [2.05, 4.69) is 12.6 Å². The quantitative estimate of drug-likeness (QED) is 0.382. The van der Waals surface area contributed by atoms with Gasteiger partial charge in [0.1, 0.15) is 0 Å². The molecular formula is C9H8O3S. The van der Waals surface area contributed by atoms with E-state index in [-0.39, 0.29) is 16.6 Å². The van der Waals surface area contributed by atoms with E-state index in [1.54, 1.807) is 6.07 Å². The van der Waals surface area contributed by atoms with Crippen molar-refractivity contribution in [2.45, 2.75) is 0 Å². The Morgan fingerprint density at radius 3 is 2.54 bits per heavy atom. The molecule has 0 heterocycles. The standard InChI is InChI=1S/C9H8O3S/c10-7-3-1-6(5-8(7)11)2-4-9(12)13/h1-5,10-11H,(H,12,13)/b4-2+. The molecule has 0 aromatic heterocycles. The van der Waals surface area contributed by atoms with E-state index in [0.29, 0.717) is 5.56 Å². The summed E-state index contributed by atoms with van der Waals surface area (Å²) in [5.41, 5.74) is 0.623. The van der Waals surface area contributed by atoms with E-state index in [1.807, 2.05) is 0 Å². The first kappa shape index (κ1) is 9.67. The van der Waals surface area contributed by atoms with Gasteiger partial charge >= 0.3 is 0 Å². The van der Waals surface area contributed by atoms with Crippen LogP contribution in [0.15, 0.2) is 24.3 Å². The van der Waals surface area contributed by atoms with Gasteiger partial charge in [-0.15, -0.1) is 12.6 Å². The maximum atomic E-state index is 10.4. The highest BCUT2D eigenvalue weighted by Gasteiger charge is 1.97. The predicted octanol–water partition coefficient (Wildman–Crippen LogP) is 1.57. The summed E-state index contributed by atoms with van der Waals surface area (Å²) < 4.78 is 0. The molecule has 0 aliphatic heterocycles. The van der Waals surface area contributed by atoms with Crippen LogP contribution in [0.25, 0.3) is 6.08 Å². The number of hydrogen-bond acceptors (Lipinski definition) is 3. The predicted molar refractivity (Wildman–Crippen MR) is 52.8 cm³/mol. The largest absolute Gasteiger partial charge is 0.504 e. The first-order valence-electron chi connectivity index (χ1n) is 3.52. The SMILES string of the molecule is O=C(S)/C=C/c1ccc(O)c(O)c1. The highest BCUT2D eigenvalue weighted by Crippen LogP contribution is 2.25. The zero-order chi connectivity index (χ0) is 9.84. The molecule has 0 aliphatic carbocycles. The van der Waals surface area contributed by atoms with E-state index < -0.39 is 0 Å². The van der Waals surface area contributed by atoms with Gasteiger partial charge in [-0.25, -0.2) is 0 Å². The lowest BCUT2D eigenvalue weighted by molar-refractivity contribution is -0.106. The molecule has 0 spiro atoms. The molecule has 0 unspecified atom stereocenters. The van der Waals surface area contributed by atoms with Crippen LogP contribution in [0.4, 0.5) is 0 Å². The molecule has 1 rings (SSSR count). The first-order valence-corrected chi connectivity index (χ1v) is 3.97. The number of thiol groups is 1. The maximum absolute atomic E-state index is 10.4. The van der Waals surface area contributed by atoms with Gasteiger partial charge in [-0.05, 0) is 23.8 Å². The van der Waals surface area contributed by atoms with Crippen molar-refractivity contribution in [1.29, 1.82) is 0 Å². The average Bonchev–Trinajstić information content (AvgIpc) is 2.07. The van der Waals surface area contributed by atoms with Gasteiger partial charge in [0, 0.05) is 0 Å². The molecule has 1 aromatic carbocycles. The van der Waals surface area contributed by atoms with Crippen LogP contribution in [0.1, 0.15) is 5.56 Å². The summed E-state index contributed by atoms with van der Waals surface area (Å²) in [6.45, 7) is 0. The normalized spacial score (nSPS) is 10.5. The number of phenols is 2. The van der Waals surface area contributed by atoms with Crippen LogP contribution in [0.2, 0.25) is 0 Å². The number of carbonyl (C=O) groups excluding carboxylic acids is 1. The van der Waals surface area contributed by atoms with Gasteiger partial charge in [0.05, 0.1) is 0 Å². The van der Waals surface area contributed by atoms with Crippen molar-refractivity contribution >= 4 is 23.8 Å². The third kappa shape index (κ3) is 2.83. The Kier molecular flexibility index (Phi) is 2.97. The lowest BCUT2D eigenvalue weighted by Crippen LogP contribution is -1.77. The fraction of sp³-hybridized carbons (Fsp3) is 0. The average molecular weight is 196 g/mol. The Bertz CT molecular complexity index is 358. The molecule has 0 bridgehead atoms. The topological polar surface area (TPSA) is 57.5 Å². The molecule has 0 amide bonds. The minimum Gasteiger partial charge on any atom is -0.504 e. The second-order valence-electron chi connectivity index (χ2n) is 2.42. The van der Waals surface area contributed by atoms with Crippen molar-refractivity contribution in [1.82, 2.24) is 0 Å². The summed E-state index contributed by atoms with van der Waals surface area (Å²) in [6, 6.07) is 4.27. The fourth-order valence-electron chi connectivity index (χ4n) is 0.812. The molecule has 3 nitrogen and oxygen atoms in total. The van der Waals surface area contributed by atoms with Crippen LogP contribution in [-0.4, -0.2) is 15.3 Å². The van der Waals surface area contributed by atoms with Crippen molar-refractivity contribution in [2.24, 2.45) is 0 Å². The van der Waals surface area contributed by atoms with Gasteiger partial charge < -0.3 is 10.2 Å². The summed E-state index contributed by atoms with van der Waals surface area (Å²) in [5, 5.41) is 17.7. The summed E-state index contributed by atoms with van der Waals surface area (Å²) >= 11 is 3.54. The Labute approximate surface area is 80.7 Å². The molecule has 0 fully saturated rings. The smallest absolute Gasteiger partial charge is 0.209 e. The van der Waals surface area contributed by atoms with Crippen molar-refractivity contribution < 1.29 is 15.0 Å². The van der Waals surface area contributed by atoms with Gasteiger partial charge in [0.2, 0.25) is 5.12 Å². The molecule has 68 valence electrons. The zero-order valence-corrected chi connectivity index (χ0v) is 7.53. The third-order valence-corrected chi connectivity index (χ3v) is 1.57. The summed E-state index contributed by atoms with van der Waals surface area (Å²) in [5.74, 6) is -0.400. The molecule has 1 aromatic rings. The van der Waals surface area contributed by atoms with E-state index in [9.17, 15) is 4.79 Å². The van der Waals surface area contributed by atoms with Crippen LogP contribution in [0.5, 0.6) is 11.5 Å². The number of hydrogen-bond donors (Lipinski definition) is 3. The van der Waals surface area contributed by atoms with Gasteiger partial charge in [0.25, 0.3) is 0 Å². The molecule has 0 saturated heterocycles. The van der Waals surface area contributed by atoms with Crippen molar-refractivity contribution in [2.75, 3.05) is 0 Å². The second-order valence-corrected chi connectivity index (χ2v) is 2.86. The van der Waals surface area contributed by atoms with E-state index in [4.69, 9.17) is 10.2 Å². The Balaban J connectivity index is 2.92. The molecule has 2 N–H and O–H groups in total. The van der Waals surface area contributed by atoms with Crippen LogP contribution in [-0.2, 0) is 4.79 Å². The highest BCUT2D eigenvalue weighted by molar-refractivity contribution is 7.97. The maximum Gasteiger partial charge on any atom is 0.209 e. The first-order chi connectivity index (χ1) is 6.09. The number of carbonyl (C=O) groups is 1. The molecule has 0 saturated carbocycles. The van der Waals surface area contributed by atoms with Gasteiger partial charge in [-0.1, -0.05) is 12.1 Å². The lowest BCUT2D eigenvalue weighted by atomic mass is 10.2. The number of benzene rings is 1. The van der Waals surface area contributed by atoms with Crippen LogP contribution < -0.4 is 0 Å². The third-order valence-electron chi connectivity index (χ3n) is 1.42. The van der Waals surface area contributed by atoms with Crippen LogP contribution in [0, 0.1) is 0 Å².